The van der Waals surface area contributed by atoms with Gasteiger partial charge in [0.25, 0.3) is 0 Å². The Labute approximate surface area is 177 Å². The fraction of sp³-hybridized carbons (Fsp3) is 0.435. The Morgan fingerprint density at radius 3 is 2.63 bits per heavy atom. The lowest BCUT2D eigenvalue weighted by atomic mass is 10.1. The van der Waals surface area contributed by atoms with E-state index in [1.165, 1.54) is 0 Å². The lowest BCUT2D eigenvalue weighted by molar-refractivity contribution is -0.132. The van der Waals surface area contributed by atoms with Crippen LogP contribution < -0.4 is 9.47 Å². The summed E-state index contributed by atoms with van der Waals surface area (Å²) in [6, 6.07) is 13.5. The first-order valence-corrected chi connectivity index (χ1v) is 10.6. The third kappa shape index (κ3) is 5.28. The Morgan fingerprint density at radius 1 is 1.03 bits per heavy atom. The first-order chi connectivity index (χ1) is 14.7. The van der Waals surface area contributed by atoms with Gasteiger partial charge in [0, 0.05) is 13.1 Å². The van der Waals surface area contributed by atoms with Crippen LogP contribution in [0.3, 0.4) is 0 Å². The Morgan fingerprint density at radius 2 is 1.87 bits per heavy atom. The third-order valence-corrected chi connectivity index (χ3v) is 4.69. The summed E-state index contributed by atoms with van der Waals surface area (Å²) in [5, 5.41) is 8.29. The van der Waals surface area contributed by atoms with E-state index in [-0.39, 0.29) is 12.5 Å². The van der Waals surface area contributed by atoms with Gasteiger partial charge in [-0.3, -0.25) is 4.79 Å². The van der Waals surface area contributed by atoms with Gasteiger partial charge in [0.1, 0.15) is 12.1 Å². The van der Waals surface area contributed by atoms with E-state index < -0.39 is 0 Å². The van der Waals surface area contributed by atoms with Crippen molar-refractivity contribution in [3.05, 3.63) is 48.0 Å². The summed E-state index contributed by atoms with van der Waals surface area (Å²) in [6.45, 7) is 8.63. The molecule has 0 aliphatic rings. The van der Waals surface area contributed by atoms with Crippen LogP contribution in [0.15, 0.2) is 42.5 Å². The van der Waals surface area contributed by atoms with Crippen LogP contribution in [0.5, 0.6) is 11.5 Å². The maximum atomic E-state index is 13.0. The number of nitrogens with zero attached hydrogens (tertiary/aromatic N) is 4. The minimum atomic E-state index is 0.0109. The molecule has 0 fully saturated rings. The molecular formula is C23H30N4O3. The highest BCUT2D eigenvalue weighted by Crippen LogP contribution is 2.29. The zero-order chi connectivity index (χ0) is 21.3. The van der Waals surface area contributed by atoms with Crippen LogP contribution in [0.4, 0.5) is 0 Å². The maximum Gasteiger partial charge on any atom is 0.244 e. The van der Waals surface area contributed by atoms with E-state index in [0.29, 0.717) is 26.3 Å². The molecule has 1 heterocycles. The van der Waals surface area contributed by atoms with Gasteiger partial charge in [-0.25, -0.2) is 4.68 Å². The molecule has 160 valence electrons. The molecule has 0 saturated carbocycles. The van der Waals surface area contributed by atoms with Gasteiger partial charge in [-0.15, -0.1) is 5.10 Å². The second-order valence-electron chi connectivity index (χ2n) is 7.11. The van der Waals surface area contributed by atoms with Gasteiger partial charge in [0.2, 0.25) is 5.91 Å². The van der Waals surface area contributed by atoms with Crippen molar-refractivity contribution in [3.8, 4) is 11.5 Å². The molecular weight excluding hydrogens is 380 g/mol. The molecule has 0 radical (unpaired) electrons. The fourth-order valence-electron chi connectivity index (χ4n) is 3.29. The standard InChI is InChI=1S/C23H30N4O3/c1-4-13-26(23(28)17-27-20-10-8-7-9-19(20)24-25-27)16-18-11-12-21(30-14-5-2)22(15-18)29-6-3/h7-12,15H,4-6,13-14,16-17H2,1-3H3. The first-order valence-electron chi connectivity index (χ1n) is 10.6. The molecule has 7 nitrogen and oxygen atoms in total. The highest BCUT2D eigenvalue weighted by Gasteiger charge is 2.17. The molecule has 0 spiro atoms. The summed E-state index contributed by atoms with van der Waals surface area (Å²) < 4.78 is 13.2. The molecule has 2 aromatic carbocycles. The number of hydrogen-bond donors (Lipinski definition) is 0. The number of ether oxygens (including phenoxy) is 2. The summed E-state index contributed by atoms with van der Waals surface area (Å²) >= 11 is 0. The molecule has 0 aliphatic heterocycles. The number of aromatic nitrogens is 3. The number of amides is 1. The van der Waals surface area contributed by atoms with Crippen LogP contribution >= 0.6 is 0 Å². The van der Waals surface area contributed by atoms with E-state index in [0.717, 1.165) is 40.9 Å². The minimum absolute atomic E-state index is 0.0109. The van der Waals surface area contributed by atoms with E-state index in [4.69, 9.17) is 9.47 Å². The lowest BCUT2D eigenvalue weighted by Crippen LogP contribution is -2.34. The van der Waals surface area contributed by atoms with Crippen LogP contribution in [-0.4, -0.2) is 45.6 Å². The smallest absolute Gasteiger partial charge is 0.244 e. The summed E-state index contributed by atoms with van der Waals surface area (Å²) in [4.78, 5) is 14.9. The predicted molar refractivity (Wildman–Crippen MR) is 117 cm³/mol. The molecule has 3 aromatic rings. The fourth-order valence-corrected chi connectivity index (χ4v) is 3.29. The monoisotopic (exact) mass is 410 g/mol. The first kappa shape index (κ1) is 21.6. The van der Waals surface area contributed by atoms with Crippen molar-refractivity contribution in [2.75, 3.05) is 19.8 Å². The van der Waals surface area contributed by atoms with E-state index in [1.54, 1.807) is 4.68 Å². The molecule has 0 bridgehead atoms. The van der Waals surface area contributed by atoms with Crippen molar-refractivity contribution < 1.29 is 14.3 Å². The van der Waals surface area contributed by atoms with Crippen molar-refractivity contribution in [3.63, 3.8) is 0 Å². The van der Waals surface area contributed by atoms with E-state index in [2.05, 4.69) is 24.2 Å². The number of para-hydroxylation sites is 1. The van der Waals surface area contributed by atoms with Crippen LogP contribution in [-0.2, 0) is 17.9 Å². The third-order valence-electron chi connectivity index (χ3n) is 4.69. The summed E-state index contributed by atoms with van der Waals surface area (Å²) in [5.74, 6) is 1.47. The van der Waals surface area contributed by atoms with E-state index >= 15 is 0 Å². The second-order valence-corrected chi connectivity index (χ2v) is 7.11. The zero-order valence-corrected chi connectivity index (χ0v) is 18.0. The highest BCUT2D eigenvalue weighted by molar-refractivity contribution is 5.79. The quantitative estimate of drug-likeness (QED) is 0.477. The molecule has 1 aromatic heterocycles. The second kappa shape index (κ2) is 10.6. The average Bonchev–Trinajstić information content (AvgIpc) is 3.16. The molecule has 0 aliphatic carbocycles. The number of carbonyl (C=O) groups is 1. The molecule has 3 rings (SSSR count). The summed E-state index contributed by atoms with van der Waals surface area (Å²) in [5.41, 5.74) is 2.65. The maximum absolute atomic E-state index is 13.0. The molecule has 1 amide bonds. The van der Waals surface area contributed by atoms with E-state index in [9.17, 15) is 4.79 Å². The Hall–Kier alpha value is -3.09. The topological polar surface area (TPSA) is 69.5 Å². The average molecular weight is 411 g/mol. The Bertz CT molecular complexity index is 970. The van der Waals surface area contributed by atoms with Gasteiger partial charge in [-0.2, -0.15) is 0 Å². The SMILES string of the molecule is CCCOc1ccc(CN(CCC)C(=O)Cn2nnc3ccccc32)cc1OCC. The van der Waals surface area contributed by atoms with E-state index in [1.807, 2.05) is 54.3 Å². The van der Waals surface area contributed by atoms with Crippen LogP contribution in [0, 0.1) is 0 Å². The number of hydrogen-bond acceptors (Lipinski definition) is 5. The van der Waals surface area contributed by atoms with Crippen LogP contribution in [0.2, 0.25) is 0 Å². The molecule has 7 heteroatoms. The molecule has 0 unspecified atom stereocenters. The molecule has 0 saturated heterocycles. The van der Waals surface area contributed by atoms with Crippen LogP contribution in [0.25, 0.3) is 11.0 Å². The predicted octanol–water partition coefficient (Wildman–Crippen LogP) is 4.06. The molecule has 0 N–H and O–H groups in total. The summed E-state index contributed by atoms with van der Waals surface area (Å²) in [7, 11) is 0. The van der Waals surface area contributed by atoms with Gasteiger partial charge in [-0.1, -0.05) is 37.3 Å². The van der Waals surface area contributed by atoms with Crippen molar-refractivity contribution >= 4 is 16.9 Å². The normalized spacial score (nSPS) is 10.9. The Kier molecular flexibility index (Phi) is 7.65. The van der Waals surface area contributed by atoms with Gasteiger partial charge in [0.15, 0.2) is 11.5 Å². The van der Waals surface area contributed by atoms with Crippen LogP contribution in [0.1, 0.15) is 39.2 Å². The van der Waals surface area contributed by atoms with Crippen molar-refractivity contribution in [1.82, 2.24) is 19.9 Å². The van der Waals surface area contributed by atoms with Crippen molar-refractivity contribution in [2.45, 2.75) is 46.7 Å². The zero-order valence-electron chi connectivity index (χ0n) is 18.0. The molecule has 30 heavy (non-hydrogen) atoms. The minimum Gasteiger partial charge on any atom is -0.490 e. The lowest BCUT2D eigenvalue weighted by Gasteiger charge is -2.23. The highest BCUT2D eigenvalue weighted by atomic mass is 16.5. The largest absolute Gasteiger partial charge is 0.490 e. The number of fused-ring (bicyclic) bond motifs is 1. The molecule has 0 atom stereocenters. The van der Waals surface area contributed by atoms with Gasteiger partial charge in [-0.05, 0) is 49.6 Å². The summed E-state index contributed by atoms with van der Waals surface area (Å²) in [6.07, 6.45) is 1.81. The Balaban J connectivity index is 1.75. The number of carbonyl (C=O) groups excluding carboxylic acids is 1. The number of rotatable bonds is 11. The van der Waals surface area contributed by atoms with Gasteiger partial charge in [0.05, 0.1) is 18.7 Å². The van der Waals surface area contributed by atoms with Gasteiger partial charge >= 0.3 is 0 Å². The van der Waals surface area contributed by atoms with Gasteiger partial charge < -0.3 is 14.4 Å². The van der Waals surface area contributed by atoms with Crippen molar-refractivity contribution in [1.29, 1.82) is 0 Å². The van der Waals surface area contributed by atoms with Crippen molar-refractivity contribution in [2.24, 2.45) is 0 Å². The number of benzene rings is 2.